The number of sulfone groups is 1. The third-order valence-electron chi connectivity index (χ3n) is 6.03. The SMILES string of the molecule is CC1CCN(Cc2ccc(S(C)(=O)=O)cc2)CC1N(C)c1ncnc2c1ccn2O. The van der Waals surface area contributed by atoms with E-state index in [2.05, 4.69) is 26.7 Å². The van der Waals surface area contributed by atoms with E-state index in [4.69, 9.17) is 0 Å². The Labute approximate surface area is 176 Å². The summed E-state index contributed by atoms with van der Waals surface area (Å²) in [5, 5.41) is 10.7. The average Bonchev–Trinajstić information content (AvgIpc) is 3.10. The number of aromatic nitrogens is 3. The Hall–Kier alpha value is -2.65. The molecule has 3 heterocycles. The summed E-state index contributed by atoms with van der Waals surface area (Å²) in [6, 6.07) is 9.23. The number of rotatable bonds is 5. The number of benzene rings is 1. The summed E-state index contributed by atoms with van der Waals surface area (Å²) in [6.07, 6.45) is 5.35. The van der Waals surface area contributed by atoms with E-state index in [1.54, 1.807) is 18.3 Å². The van der Waals surface area contributed by atoms with Crippen LogP contribution in [0.25, 0.3) is 11.0 Å². The first-order valence-electron chi connectivity index (χ1n) is 9.99. The largest absolute Gasteiger partial charge is 0.427 e. The van der Waals surface area contributed by atoms with E-state index >= 15 is 0 Å². The van der Waals surface area contributed by atoms with E-state index in [9.17, 15) is 13.6 Å². The molecule has 0 aliphatic carbocycles. The van der Waals surface area contributed by atoms with Crippen molar-refractivity contribution in [1.29, 1.82) is 0 Å². The van der Waals surface area contributed by atoms with Gasteiger partial charge in [-0.05, 0) is 42.6 Å². The average molecular weight is 430 g/mol. The molecule has 1 fully saturated rings. The Morgan fingerprint density at radius 2 is 1.93 bits per heavy atom. The van der Waals surface area contributed by atoms with Crippen LogP contribution in [0.1, 0.15) is 18.9 Å². The Balaban J connectivity index is 1.51. The Morgan fingerprint density at radius 1 is 1.20 bits per heavy atom. The van der Waals surface area contributed by atoms with Crippen molar-refractivity contribution in [2.75, 3.05) is 31.3 Å². The van der Waals surface area contributed by atoms with Gasteiger partial charge >= 0.3 is 0 Å². The summed E-state index contributed by atoms with van der Waals surface area (Å²) in [5.41, 5.74) is 1.60. The number of piperidine rings is 1. The molecule has 0 bridgehead atoms. The smallest absolute Gasteiger partial charge is 0.180 e. The van der Waals surface area contributed by atoms with Crippen LogP contribution in [0.4, 0.5) is 5.82 Å². The molecule has 9 heteroatoms. The lowest BCUT2D eigenvalue weighted by atomic mass is 9.92. The van der Waals surface area contributed by atoms with Gasteiger partial charge in [0.25, 0.3) is 0 Å². The van der Waals surface area contributed by atoms with Crippen molar-refractivity contribution < 1.29 is 13.6 Å². The van der Waals surface area contributed by atoms with Crippen LogP contribution in [-0.4, -0.2) is 65.7 Å². The number of fused-ring (bicyclic) bond motifs is 1. The highest BCUT2D eigenvalue weighted by Gasteiger charge is 2.31. The lowest BCUT2D eigenvalue weighted by Gasteiger charge is -2.42. The summed E-state index contributed by atoms with van der Waals surface area (Å²) in [5.74, 6) is 1.30. The van der Waals surface area contributed by atoms with Crippen molar-refractivity contribution in [2.24, 2.45) is 5.92 Å². The molecule has 1 saturated heterocycles. The molecule has 0 amide bonds. The number of hydrogen-bond donors (Lipinski definition) is 1. The van der Waals surface area contributed by atoms with E-state index in [0.717, 1.165) is 47.6 Å². The maximum Gasteiger partial charge on any atom is 0.180 e. The van der Waals surface area contributed by atoms with Gasteiger partial charge < -0.3 is 10.1 Å². The molecule has 2 atom stereocenters. The van der Waals surface area contributed by atoms with Crippen LogP contribution in [0, 0.1) is 5.92 Å². The first-order valence-corrected chi connectivity index (χ1v) is 11.9. The van der Waals surface area contributed by atoms with Crippen LogP contribution < -0.4 is 4.90 Å². The summed E-state index contributed by atoms with van der Waals surface area (Å²) >= 11 is 0. The number of anilines is 1. The van der Waals surface area contributed by atoms with Crippen molar-refractivity contribution in [3.8, 4) is 0 Å². The maximum absolute atomic E-state index is 11.7. The van der Waals surface area contributed by atoms with Crippen LogP contribution in [0.5, 0.6) is 0 Å². The van der Waals surface area contributed by atoms with E-state index < -0.39 is 9.84 Å². The quantitative estimate of drug-likeness (QED) is 0.623. The zero-order valence-corrected chi connectivity index (χ0v) is 18.2. The predicted octanol–water partition coefficient (Wildman–Crippen LogP) is 2.42. The third kappa shape index (κ3) is 3.99. The molecule has 4 rings (SSSR count). The first-order chi connectivity index (χ1) is 14.2. The fourth-order valence-electron chi connectivity index (χ4n) is 4.23. The van der Waals surface area contributed by atoms with Gasteiger partial charge in [0, 0.05) is 38.6 Å². The van der Waals surface area contributed by atoms with E-state index in [1.807, 2.05) is 25.2 Å². The molecular formula is C21H27N5O3S. The summed E-state index contributed by atoms with van der Waals surface area (Å²) in [4.78, 5) is 13.6. The molecule has 160 valence electrons. The van der Waals surface area contributed by atoms with Gasteiger partial charge in [-0.3, -0.25) is 4.90 Å². The molecule has 1 aromatic carbocycles. The normalized spacial score (nSPS) is 20.5. The fourth-order valence-corrected chi connectivity index (χ4v) is 4.86. The molecule has 30 heavy (non-hydrogen) atoms. The zero-order chi connectivity index (χ0) is 21.5. The van der Waals surface area contributed by atoms with Gasteiger partial charge in [-0.1, -0.05) is 19.1 Å². The Kier molecular flexibility index (Phi) is 5.42. The number of likely N-dealkylation sites (N-methyl/N-ethyl adjacent to an activating group) is 1. The monoisotopic (exact) mass is 429 g/mol. The lowest BCUT2D eigenvalue weighted by molar-refractivity contribution is 0.159. The van der Waals surface area contributed by atoms with Gasteiger partial charge in [0.05, 0.1) is 10.3 Å². The van der Waals surface area contributed by atoms with Crippen molar-refractivity contribution in [1.82, 2.24) is 19.6 Å². The van der Waals surface area contributed by atoms with Gasteiger partial charge in [0.1, 0.15) is 12.1 Å². The highest BCUT2D eigenvalue weighted by atomic mass is 32.2. The second-order valence-corrected chi connectivity index (χ2v) is 10.2. The number of hydrogen-bond acceptors (Lipinski definition) is 7. The highest BCUT2D eigenvalue weighted by Crippen LogP contribution is 2.29. The molecule has 0 saturated carbocycles. The van der Waals surface area contributed by atoms with Crippen molar-refractivity contribution in [3.63, 3.8) is 0 Å². The molecule has 8 nitrogen and oxygen atoms in total. The van der Waals surface area contributed by atoms with Crippen molar-refractivity contribution >= 4 is 26.7 Å². The zero-order valence-electron chi connectivity index (χ0n) is 17.4. The highest BCUT2D eigenvalue weighted by molar-refractivity contribution is 7.90. The van der Waals surface area contributed by atoms with Gasteiger partial charge in [-0.25, -0.2) is 18.4 Å². The summed E-state index contributed by atoms with van der Waals surface area (Å²) in [6.45, 7) is 4.89. The molecule has 0 spiro atoms. The second-order valence-electron chi connectivity index (χ2n) is 8.19. The molecule has 2 aromatic heterocycles. The third-order valence-corrected chi connectivity index (χ3v) is 7.16. The van der Waals surface area contributed by atoms with Crippen LogP contribution >= 0.6 is 0 Å². The topological polar surface area (TPSA) is 91.6 Å². The van der Waals surface area contributed by atoms with Gasteiger partial charge in [-0.15, -0.1) is 0 Å². The van der Waals surface area contributed by atoms with Crippen LogP contribution in [0.2, 0.25) is 0 Å². The minimum atomic E-state index is -3.18. The fraction of sp³-hybridized carbons (Fsp3) is 0.429. The number of nitrogens with zero attached hydrogens (tertiary/aromatic N) is 5. The summed E-state index contributed by atoms with van der Waals surface area (Å²) in [7, 11) is -1.13. The van der Waals surface area contributed by atoms with E-state index in [1.165, 1.54) is 12.6 Å². The predicted molar refractivity (Wildman–Crippen MR) is 116 cm³/mol. The standard InChI is InChI=1S/C21H27N5O3S/c1-15-8-10-25(12-16-4-6-17(7-5-16)30(3,28)29)13-19(15)24(2)20-18-9-11-26(27)21(18)23-14-22-20/h4-7,9,11,14-15,19,27H,8,10,12-13H2,1-3H3. The molecular weight excluding hydrogens is 402 g/mol. The Bertz CT molecular complexity index is 1140. The molecule has 1 N–H and O–H groups in total. The van der Waals surface area contributed by atoms with Crippen LogP contribution in [0.3, 0.4) is 0 Å². The first kappa shape index (κ1) is 20.6. The molecule has 1 aliphatic rings. The Morgan fingerprint density at radius 3 is 2.63 bits per heavy atom. The summed E-state index contributed by atoms with van der Waals surface area (Å²) < 4.78 is 24.4. The molecule has 3 aromatic rings. The molecule has 2 unspecified atom stereocenters. The minimum Gasteiger partial charge on any atom is -0.427 e. The van der Waals surface area contributed by atoms with Gasteiger partial charge in [0.15, 0.2) is 15.5 Å². The van der Waals surface area contributed by atoms with Crippen LogP contribution in [0.15, 0.2) is 47.8 Å². The van der Waals surface area contributed by atoms with E-state index in [-0.39, 0.29) is 6.04 Å². The van der Waals surface area contributed by atoms with Crippen LogP contribution in [-0.2, 0) is 16.4 Å². The van der Waals surface area contributed by atoms with E-state index in [0.29, 0.717) is 16.5 Å². The molecule has 0 radical (unpaired) electrons. The lowest BCUT2D eigenvalue weighted by Crippen LogP contribution is -2.50. The van der Waals surface area contributed by atoms with Gasteiger partial charge in [-0.2, -0.15) is 4.73 Å². The van der Waals surface area contributed by atoms with Gasteiger partial charge in [0.2, 0.25) is 0 Å². The number of likely N-dealkylation sites (tertiary alicyclic amines) is 1. The maximum atomic E-state index is 11.7. The van der Waals surface area contributed by atoms with Crippen molar-refractivity contribution in [3.05, 3.63) is 48.4 Å². The molecule has 1 aliphatic heterocycles. The van der Waals surface area contributed by atoms with Crippen molar-refractivity contribution in [2.45, 2.75) is 30.8 Å². The minimum absolute atomic E-state index is 0.259. The second kappa shape index (κ2) is 7.88.